The van der Waals surface area contributed by atoms with E-state index in [0.717, 1.165) is 11.1 Å². The molecule has 2 nitrogen and oxygen atoms in total. The fraction of sp³-hybridized carbons (Fsp3) is 0.300. The van der Waals surface area contributed by atoms with Gasteiger partial charge in [-0.1, -0.05) is 48.6 Å². The zero-order valence-electron chi connectivity index (χ0n) is 13.4. The van der Waals surface area contributed by atoms with Gasteiger partial charge in [0.2, 0.25) is 0 Å². The van der Waals surface area contributed by atoms with Crippen molar-refractivity contribution in [2.24, 2.45) is 11.5 Å². The quantitative estimate of drug-likeness (QED) is 0.632. The van der Waals surface area contributed by atoms with Crippen molar-refractivity contribution in [3.05, 3.63) is 86.0 Å². The minimum Gasteiger partial charge on any atom is -0.321 e. The van der Waals surface area contributed by atoms with Crippen LogP contribution in [0.5, 0.6) is 0 Å². The van der Waals surface area contributed by atoms with Crippen molar-refractivity contribution in [3.63, 3.8) is 0 Å². The van der Waals surface area contributed by atoms with E-state index < -0.39 is 11.1 Å². The van der Waals surface area contributed by atoms with E-state index in [1.165, 1.54) is 0 Å². The van der Waals surface area contributed by atoms with Gasteiger partial charge in [0.25, 0.3) is 0 Å². The molecule has 118 valence electrons. The molecule has 0 bridgehead atoms. The first-order chi connectivity index (χ1) is 10.5. The van der Waals surface area contributed by atoms with Gasteiger partial charge in [0.1, 0.15) is 0 Å². The van der Waals surface area contributed by atoms with Crippen molar-refractivity contribution in [1.82, 2.24) is 0 Å². The molecule has 2 heteroatoms. The fourth-order valence-electron chi connectivity index (χ4n) is 2.99. The number of nitrogens with two attached hydrogens (primary N) is 2. The topological polar surface area (TPSA) is 52.0 Å². The molecule has 0 amide bonds. The molecule has 0 saturated carbocycles. The molecule has 0 aliphatic carbocycles. The van der Waals surface area contributed by atoms with Crippen LogP contribution in [0.15, 0.2) is 74.9 Å². The van der Waals surface area contributed by atoms with Crippen LogP contribution in [0.3, 0.4) is 0 Å². The van der Waals surface area contributed by atoms with Gasteiger partial charge >= 0.3 is 0 Å². The van der Waals surface area contributed by atoms with Gasteiger partial charge < -0.3 is 11.5 Å². The van der Waals surface area contributed by atoms with Crippen LogP contribution in [0.2, 0.25) is 0 Å². The van der Waals surface area contributed by atoms with Crippen molar-refractivity contribution in [3.8, 4) is 0 Å². The summed E-state index contributed by atoms with van der Waals surface area (Å²) in [5, 5.41) is 0. The smallest absolute Gasteiger partial charge is 0.0482 e. The summed E-state index contributed by atoms with van der Waals surface area (Å²) in [6, 6.07) is 8.09. The van der Waals surface area contributed by atoms with Crippen LogP contribution in [0.4, 0.5) is 0 Å². The Hall–Kier alpha value is -1.90. The van der Waals surface area contributed by atoms with Gasteiger partial charge in [-0.05, 0) is 36.8 Å². The van der Waals surface area contributed by atoms with Crippen LogP contribution in [-0.4, -0.2) is 0 Å². The number of hydrogen-bond acceptors (Lipinski definition) is 2. The third kappa shape index (κ3) is 3.85. The van der Waals surface area contributed by atoms with Gasteiger partial charge in [-0.15, -0.1) is 26.3 Å². The van der Waals surface area contributed by atoms with Crippen LogP contribution in [0, 0.1) is 0 Å². The minimum absolute atomic E-state index is 0.549. The molecule has 1 rings (SSSR count). The highest BCUT2D eigenvalue weighted by molar-refractivity contribution is 5.40. The van der Waals surface area contributed by atoms with E-state index in [-0.39, 0.29) is 0 Å². The molecule has 0 spiro atoms. The summed E-state index contributed by atoms with van der Waals surface area (Å²) in [5.41, 5.74) is 14.3. The van der Waals surface area contributed by atoms with Gasteiger partial charge in [0, 0.05) is 11.1 Å². The van der Waals surface area contributed by atoms with E-state index in [4.69, 9.17) is 11.5 Å². The maximum absolute atomic E-state index is 6.68. The SMILES string of the molecule is C=CCC(N)(CC=C)c1ccccc1C(N)(CC=C)CC=C. The van der Waals surface area contributed by atoms with Crippen LogP contribution < -0.4 is 11.5 Å². The van der Waals surface area contributed by atoms with Gasteiger partial charge in [0.15, 0.2) is 0 Å². The number of rotatable bonds is 10. The van der Waals surface area contributed by atoms with Crippen LogP contribution in [0.25, 0.3) is 0 Å². The van der Waals surface area contributed by atoms with Crippen molar-refractivity contribution >= 4 is 0 Å². The summed E-state index contributed by atoms with van der Waals surface area (Å²) in [5.74, 6) is 0. The lowest BCUT2D eigenvalue weighted by Crippen LogP contribution is -2.43. The molecule has 0 saturated heterocycles. The van der Waals surface area contributed by atoms with Gasteiger partial charge in [0.05, 0.1) is 0 Å². The maximum atomic E-state index is 6.68. The second kappa shape index (κ2) is 7.92. The summed E-state index contributed by atoms with van der Waals surface area (Å²) < 4.78 is 0. The first-order valence-corrected chi connectivity index (χ1v) is 7.58. The lowest BCUT2D eigenvalue weighted by Gasteiger charge is -2.37. The Balaban J connectivity index is 3.49. The lowest BCUT2D eigenvalue weighted by molar-refractivity contribution is 0.408. The number of benzene rings is 1. The second-order valence-corrected chi connectivity index (χ2v) is 5.83. The Morgan fingerprint density at radius 1 is 0.682 bits per heavy atom. The van der Waals surface area contributed by atoms with E-state index in [1.807, 2.05) is 36.4 Å². The Morgan fingerprint density at radius 2 is 0.955 bits per heavy atom. The fourth-order valence-corrected chi connectivity index (χ4v) is 2.99. The van der Waals surface area contributed by atoms with Crippen molar-refractivity contribution in [1.29, 1.82) is 0 Å². The molecule has 0 radical (unpaired) electrons. The predicted molar refractivity (Wildman–Crippen MR) is 97.4 cm³/mol. The maximum Gasteiger partial charge on any atom is 0.0482 e. The summed E-state index contributed by atoms with van der Waals surface area (Å²) in [4.78, 5) is 0. The third-order valence-electron chi connectivity index (χ3n) is 4.03. The summed E-state index contributed by atoms with van der Waals surface area (Å²) in [6.45, 7) is 15.4. The molecule has 22 heavy (non-hydrogen) atoms. The number of hydrogen-bond donors (Lipinski definition) is 2. The highest BCUT2D eigenvalue weighted by Crippen LogP contribution is 2.37. The molecule has 0 heterocycles. The summed E-state index contributed by atoms with van der Waals surface area (Å²) >= 11 is 0. The standard InChI is InChI=1S/C20H28N2/c1-5-13-19(21,14-6-2)17-11-9-10-12-18(17)20(22,15-7-3)16-8-4/h5-12H,1-4,13-16,21-22H2. The van der Waals surface area contributed by atoms with E-state index in [9.17, 15) is 0 Å². The monoisotopic (exact) mass is 296 g/mol. The van der Waals surface area contributed by atoms with Crippen LogP contribution in [-0.2, 0) is 11.1 Å². The van der Waals surface area contributed by atoms with Gasteiger partial charge in [-0.25, -0.2) is 0 Å². The molecule has 0 unspecified atom stereocenters. The molecule has 0 aliphatic heterocycles. The summed E-state index contributed by atoms with van der Waals surface area (Å²) in [6.07, 6.45) is 10.0. The molecule has 0 atom stereocenters. The highest BCUT2D eigenvalue weighted by Gasteiger charge is 2.34. The van der Waals surface area contributed by atoms with E-state index in [2.05, 4.69) is 38.4 Å². The zero-order valence-corrected chi connectivity index (χ0v) is 13.4. The summed E-state index contributed by atoms with van der Waals surface area (Å²) in [7, 11) is 0. The van der Waals surface area contributed by atoms with E-state index in [0.29, 0.717) is 25.7 Å². The zero-order chi connectivity index (χ0) is 16.6. The van der Waals surface area contributed by atoms with Crippen LogP contribution in [0.1, 0.15) is 36.8 Å². The van der Waals surface area contributed by atoms with Crippen molar-refractivity contribution < 1.29 is 0 Å². The van der Waals surface area contributed by atoms with E-state index in [1.54, 1.807) is 0 Å². The average molecular weight is 296 g/mol. The Bertz CT molecular complexity index is 473. The Morgan fingerprint density at radius 3 is 1.18 bits per heavy atom. The van der Waals surface area contributed by atoms with Gasteiger partial charge in [-0.2, -0.15) is 0 Å². The largest absolute Gasteiger partial charge is 0.321 e. The minimum atomic E-state index is -0.549. The average Bonchev–Trinajstić information content (AvgIpc) is 2.48. The lowest BCUT2D eigenvalue weighted by atomic mass is 9.74. The molecule has 0 aliphatic rings. The molecule has 4 N–H and O–H groups in total. The van der Waals surface area contributed by atoms with Crippen molar-refractivity contribution in [2.75, 3.05) is 0 Å². The van der Waals surface area contributed by atoms with Crippen LogP contribution >= 0.6 is 0 Å². The Labute approximate surface area is 134 Å². The first kappa shape index (κ1) is 18.1. The first-order valence-electron chi connectivity index (χ1n) is 7.58. The van der Waals surface area contributed by atoms with Gasteiger partial charge in [-0.3, -0.25) is 0 Å². The highest BCUT2D eigenvalue weighted by atomic mass is 14.8. The third-order valence-corrected chi connectivity index (χ3v) is 4.03. The molecular formula is C20H28N2. The predicted octanol–water partition coefficient (Wildman–Crippen LogP) is 4.30. The molecule has 1 aromatic carbocycles. The second-order valence-electron chi connectivity index (χ2n) is 5.83. The van der Waals surface area contributed by atoms with Crippen molar-refractivity contribution in [2.45, 2.75) is 36.8 Å². The molecule has 1 aromatic rings. The Kier molecular flexibility index (Phi) is 6.54. The normalized spacial score (nSPS) is 11.7. The van der Waals surface area contributed by atoms with E-state index >= 15 is 0 Å². The molecule has 0 fully saturated rings. The molecule has 0 aromatic heterocycles. The molecular weight excluding hydrogens is 268 g/mol.